The second-order valence-electron chi connectivity index (χ2n) is 3.62. The van der Waals surface area contributed by atoms with E-state index in [2.05, 4.69) is 51.9 Å². The van der Waals surface area contributed by atoms with Gasteiger partial charge in [0.15, 0.2) is 0 Å². The molecule has 1 aromatic heterocycles. The number of nitrogens with one attached hydrogen (secondary N) is 1. The van der Waals surface area contributed by atoms with Crippen molar-refractivity contribution in [3.8, 4) is 0 Å². The van der Waals surface area contributed by atoms with Crippen LogP contribution in [0.1, 0.15) is 22.0 Å². The number of aryl methyl sites for hydroxylation is 1. The summed E-state index contributed by atoms with van der Waals surface area (Å²) in [6.45, 7) is 2.10. The standard InChI is InChI=1S/C12H13BrN2S/c1-8-4-2-3-5-10(8)12(15-14)11-6-9(13)7-16-11/h2-7,12,15H,14H2,1H3. The van der Waals surface area contributed by atoms with Crippen LogP contribution >= 0.6 is 27.3 Å². The van der Waals surface area contributed by atoms with E-state index in [1.807, 2.05) is 12.1 Å². The zero-order chi connectivity index (χ0) is 11.5. The Kier molecular flexibility index (Phi) is 3.76. The van der Waals surface area contributed by atoms with Crippen LogP contribution < -0.4 is 11.3 Å². The molecule has 0 fully saturated rings. The summed E-state index contributed by atoms with van der Waals surface area (Å²) < 4.78 is 1.10. The molecule has 0 saturated carbocycles. The fourth-order valence-corrected chi connectivity index (χ4v) is 3.24. The summed E-state index contributed by atoms with van der Waals surface area (Å²) in [5, 5.41) is 2.07. The highest BCUT2D eigenvalue weighted by atomic mass is 79.9. The van der Waals surface area contributed by atoms with Crippen LogP contribution in [-0.4, -0.2) is 0 Å². The Labute approximate surface area is 108 Å². The van der Waals surface area contributed by atoms with E-state index in [0.717, 1.165) is 4.47 Å². The highest BCUT2D eigenvalue weighted by Crippen LogP contribution is 2.30. The van der Waals surface area contributed by atoms with Gasteiger partial charge >= 0.3 is 0 Å². The average Bonchev–Trinajstić information content (AvgIpc) is 2.69. The first-order valence-electron chi connectivity index (χ1n) is 4.98. The molecule has 84 valence electrons. The van der Waals surface area contributed by atoms with Gasteiger partial charge in [0, 0.05) is 14.7 Å². The molecule has 4 heteroatoms. The van der Waals surface area contributed by atoms with Crippen molar-refractivity contribution in [1.29, 1.82) is 0 Å². The lowest BCUT2D eigenvalue weighted by Crippen LogP contribution is -2.28. The van der Waals surface area contributed by atoms with Gasteiger partial charge in [-0.1, -0.05) is 24.3 Å². The molecule has 0 aliphatic rings. The third-order valence-electron chi connectivity index (χ3n) is 2.54. The maximum absolute atomic E-state index is 5.66. The minimum atomic E-state index is 0.0671. The molecule has 0 aliphatic carbocycles. The molecule has 0 aliphatic heterocycles. The van der Waals surface area contributed by atoms with Gasteiger partial charge < -0.3 is 0 Å². The van der Waals surface area contributed by atoms with Crippen LogP contribution in [0.2, 0.25) is 0 Å². The zero-order valence-corrected chi connectivity index (χ0v) is 11.3. The molecule has 1 atom stereocenters. The topological polar surface area (TPSA) is 38.0 Å². The summed E-state index contributed by atoms with van der Waals surface area (Å²) in [6.07, 6.45) is 0. The highest BCUT2D eigenvalue weighted by molar-refractivity contribution is 9.10. The minimum absolute atomic E-state index is 0.0671. The Balaban J connectivity index is 2.40. The molecule has 2 rings (SSSR count). The summed E-state index contributed by atoms with van der Waals surface area (Å²) in [5.41, 5.74) is 5.35. The van der Waals surface area contributed by atoms with Gasteiger partial charge in [-0.2, -0.15) is 0 Å². The lowest BCUT2D eigenvalue weighted by Gasteiger charge is -2.16. The van der Waals surface area contributed by atoms with Gasteiger partial charge in [0.25, 0.3) is 0 Å². The maximum Gasteiger partial charge on any atom is 0.0805 e. The van der Waals surface area contributed by atoms with Crippen molar-refractivity contribution in [3.05, 3.63) is 56.2 Å². The Morgan fingerprint density at radius 1 is 1.38 bits per heavy atom. The first-order chi connectivity index (χ1) is 7.72. The van der Waals surface area contributed by atoms with Crippen LogP contribution in [0.3, 0.4) is 0 Å². The molecule has 0 bridgehead atoms. The van der Waals surface area contributed by atoms with Crippen LogP contribution in [0.15, 0.2) is 40.2 Å². The molecule has 3 N–H and O–H groups in total. The third-order valence-corrected chi connectivity index (χ3v) is 4.30. The monoisotopic (exact) mass is 296 g/mol. The van der Waals surface area contributed by atoms with Crippen LogP contribution in [0.25, 0.3) is 0 Å². The van der Waals surface area contributed by atoms with E-state index in [4.69, 9.17) is 5.84 Å². The fraction of sp³-hybridized carbons (Fsp3) is 0.167. The van der Waals surface area contributed by atoms with Gasteiger partial charge in [-0.25, -0.2) is 5.43 Å². The molecule has 0 spiro atoms. The van der Waals surface area contributed by atoms with Crippen LogP contribution in [-0.2, 0) is 0 Å². The molecule has 0 saturated heterocycles. The van der Waals surface area contributed by atoms with Gasteiger partial charge in [0.05, 0.1) is 6.04 Å². The van der Waals surface area contributed by atoms with Gasteiger partial charge in [-0.3, -0.25) is 5.84 Å². The minimum Gasteiger partial charge on any atom is -0.271 e. The first kappa shape index (κ1) is 11.8. The lowest BCUT2D eigenvalue weighted by atomic mass is 10.0. The molecule has 1 heterocycles. The van der Waals surface area contributed by atoms with Crippen molar-refractivity contribution in [2.75, 3.05) is 0 Å². The predicted octanol–water partition coefficient (Wildman–Crippen LogP) is 3.37. The smallest absolute Gasteiger partial charge is 0.0805 e. The molecular weight excluding hydrogens is 284 g/mol. The quantitative estimate of drug-likeness (QED) is 0.673. The van der Waals surface area contributed by atoms with Crippen molar-refractivity contribution in [3.63, 3.8) is 0 Å². The number of nitrogens with two attached hydrogens (primary N) is 1. The largest absolute Gasteiger partial charge is 0.271 e. The molecule has 0 amide bonds. The number of rotatable bonds is 3. The van der Waals surface area contributed by atoms with Crippen LogP contribution in [0.5, 0.6) is 0 Å². The summed E-state index contributed by atoms with van der Waals surface area (Å²) in [4.78, 5) is 1.21. The van der Waals surface area contributed by atoms with E-state index < -0.39 is 0 Å². The Morgan fingerprint density at radius 3 is 2.69 bits per heavy atom. The van der Waals surface area contributed by atoms with Crippen LogP contribution in [0.4, 0.5) is 0 Å². The van der Waals surface area contributed by atoms with E-state index in [1.54, 1.807) is 11.3 Å². The van der Waals surface area contributed by atoms with Crippen LogP contribution in [0, 0.1) is 6.92 Å². The number of halogens is 1. The van der Waals surface area contributed by atoms with Crippen molar-refractivity contribution in [1.82, 2.24) is 5.43 Å². The summed E-state index contributed by atoms with van der Waals surface area (Å²) in [6, 6.07) is 10.4. The fourth-order valence-electron chi connectivity index (χ4n) is 1.72. The summed E-state index contributed by atoms with van der Waals surface area (Å²) in [5.74, 6) is 5.66. The SMILES string of the molecule is Cc1ccccc1C(NN)c1cc(Br)cs1. The number of hydrogen-bond acceptors (Lipinski definition) is 3. The number of hydrogen-bond donors (Lipinski definition) is 2. The van der Waals surface area contributed by atoms with E-state index in [0.29, 0.717) is 0 Å². The van der Waals surface area contributed by atoms with Crippen molar-refractivity contribution >= 4 is 27.3 Å². The summed E-state index contributed by atoms with van der Waals surface area (Å²) in [7, 11) is 0. The number of hydrazine groups is 1. The van der Waals surface area contributed by atoms with Crippen molar-refractivity contribution in [2.45, 2.75) is 13.0 Å². The van der Waals surface area contributed by atoms with Gasteiger partial charge in [-0.15, -0.1) is 11.3 Å². The first-order valence-corrected chi connectivity index (χ1v) is 6.65. The Hall–Kier alpha value is -0.680. The van der Waals surface area contributed by atoms with E-state index in [1.165, 1.54) is 16.0 Å². The normalized spacial score (nSPS) is 12.7. The van der Waals surface area contributed by atoms with Gasteiger partial charge in [0.1, 0.15) is 0 Å². The average molecular weight is 297 g/mol. The Bertz CT molecular complexity index is 481. The maximum atomic E-state index is 5.66. The van der Waals surface area contributed by atoms with E-state index in [-0.39, 0.29) is 6.04 Å². The van der Waals surface area contributed by atoms with E-state index in [9.17, 15) is 0 Å². The number of thiophene rings is 1. The van der Waals surface area contributed by atoms with Gasteiger partial charge in [-0.05, 0) is 40.0 Å². The second-order valence-corrected chi connectivity index (χ2v) is 5.48. The molecule has 1 unspecified atom stereocenters. The predicted molar refractivity (Wildman–Crippen MR) is 72.4 cm³/mol. The molecule has 0 radical (unpaired) electrons. The molecular formula is C12H13BrN2S. The zero-order valence-electron chi connectivity index (χ0n) is 8.91. The number of benzene rings is 1. The third kappa shape index (κ3) is 2.35. The Morgan fingerprint density at radius 2 is 2.12 bits per heavy atom. The molecule has 2 aromatic rings. The van der Waals surface area contributed by atoms with Gasteiger partial charge in [0.2, 0.25) is 0 Å². The van der Waals surface area contributed by atoms with Crippen molar-refractivity contribution < 1.29 is 0 Å². The van der Waals surface area contributed by atoms with Crippen molar-refractivity contribution in [2.24, 2.45) is 5.84 Å². The van der Waals surface area contributed by atoms with E-state index >= 15 is 0 Å². The molecule has 2 nitrogen and oxygen atoms in total. The summed E-state index contributed by atoms with van der Waals surface area (Å²) >= 11 is 5.16. The highest BCUT2D eigenvalue weighted by Gasteiger charge is 2.15. The second kappa shape index (κ2) is 5.10. The lowest BCUT2D eigenvalue weighted by molar-refractivity contribution is 0.643. The molecule has 1 aromatic carbocycles. The molecule has 16 heavy (non-hydrogen) atoms.